The molecule has 0 atom stereocenters. The summed E-state index contributed by atoms with van der Waals surface area (Å²) < 4.78 is 2.24. The van der Waals surface area contributed by atoms with Gasteiger partial charge in [-0.3, -0.25) is 4.79 Å². The smallest absolute Gasteiger partial charge is 0.164 e. The van der Waals surface area contributed by atoms with Crippen LogP contribution in [-0.2, 0) is 13.0 Å². The molecule has 104 valence electrons. The first kappa shape index (κ1) is 12.9. The topological polar surface area (TPSA) is 25.2 Å². The number of Topliss-reactive ketones (excluding diaryl/α,β-unsaturated/α-hetero) is 1. The zero-order valence-corrected chi connectivity index (χ0v) is 11.7. The monoisotopic (exact) mass is 260 g/mol. The number of carbonyl (C=O) groups excluding carboxylic acids is 1. The van der Waals surface area contributed by atoms with Crippen LogP contribution in [0.1, 0.15) is 54.4 Å². The highest BCUT2D eigenvalue weighted by Gasteiger charge is 2.17. The fourth-order valence-corrected chi connectivity index (χ4v) is 3.35. The summed E-state index contributed by atoms with van der Waals surface area (Å²) in [5.41, 5.74) is 2.28. The van der Waals surface area contributed by atoms with E-state index in [4.69, 9.17) is 0 Å². The maximum Gasteiger partial charge on any atom is 0.164 e. The first-order chi connectivity index (χ1) is 9.33. The van der Waals surface area contributed by atoms with Gasteiger partial charge in [0.15, 0.2) is 5.78 Å². The number of ketones is 1. The Kier molecular flexibility index (Phi) is 4.02. The summed E-state index contributed by atoms with van der Waals surface area (Å²) in [4.78, 5) is 14.5. The van der Waals surface area contributed by atoms with Crippen LogP contribution in [0, 0.1) is 0 Å². The van der Waals surface area contributed by atoms with Crippen molar-refractivity contribution in [1.82, 2.24) is 9.47 Å². The Balaban J connectivity index is 1.56. The number of fused-ring (bicyclic) bond motifs is 1. The van der Waals surface area contributed by atoms with Crippen molar-refractivity contribution in [2.75, 3.05) is 19.6 Å². The average Bonchev–Trinajstić information content (AvgIpc) is 3.01. The van der Waals surface area contributed by atoms with Crippen molar-refractivity contribution in [2.45, 2.75) is 51.5 Å². The molecule has 0 bridgehead atoms. The van der Waals surface area contributed by atoms with E-state index < -0.39 is 0 Å². The van der Waals surface area contributed by atoms with Crippen LogP contribution in [0.2, 0.25) is 0 Å². The van der Waals surface area contributed by atoms with Crippen LogP contribution in [-0.4, -0.2) is 34.9 Å². The molecule has 3 rings (SSSR count). The molecule has 0 spiro atoms. The van der Waals surface area contributed by atoms with Gasteiger partial charge in [0.1, 0.15) is 0 Å². The van der Waals surface area contributed by atoms with Crippen molar-refractivity contribution in [2.24, 2.45) is 0 Å². The third kappa shape index (κ3) is 3.08. The molecule has 0 N–H and O–H groups in total. The minimum absolute atomic E-state index is 0.353. The Labute approximate surface area is 115 Å². The molecule has 1 fully saturated rings. The van der Waals surface area contributed by atoms with Gasteiger partial charge in [0.05, 0.1) is 0 Å². The summed E-state index contributed by atoms with van der Waals surface area (Å²) in [7, 11) is 0. The molecule has 2 heterocycles. The van der Waals surface area contributed by atoms with E-state index in [2.05, 4.69) is 21.9 Å². The van der Waals surface area contributed by atoms with Gasteiger partial charge in [0.25, 0.3) is 0 Å². The largest absolute Gasteiger partial charge is 0.353 e. The summed E-state index contributed by atoms with van der Waals surface area (Å²) in [6, 6.07) is 0. The van der Waals surface area contributed by atoms with E-state index in [1.54, 1.807) is 0 Å². The Hall–Kier alpha value is -1.09. The molecule has 3 nitrogen and oxygen atoms in total. The van der Waals surface area contributed by atoms with Gasteiger partial charge in [0, 0.05) is 30.9 Å². The molecule has 3 heteroatoms. The lowest BCUT2D eigenvalue weighted by Gasteiger charge is -2.14. The van der Waals surface area contributed by atoms with Gasteiger partial charge in [0.2, 0.25) is 0 Å². The number of nitrogens with zero attached hydrogens (tertiary/aromatic N) is 2. The second-order valence-electron chi connectivity index (χ2n) is 5.97. The highest BCUT2D eigenvalue weighted by molar-refractivity contribution is 5.97. The van der Waals surface area contributed by atoms with Gasteiger partial charge in [-0.25, -0.2) is 0 Å². The molecular weight excluding hydrogens is 236 g/mol. The summed E-state index contributed by atoms with van der Waals surface area (Å²) in [5.74, 6) is 0.353. The molecule has 0 amide bonds. The van der Waals surface area contributed by atoms with Crippen LogP contribution < -0.4 is 0 Å². The normalized spacial score (nSPS) is 20.5. The highest BCUT2D eigenvalue weighted by atomic mass is 16.1. The molecule has 0 aromatic carbocycles. The number of aryl methyl sites for hydroxylation is 2. The Morgan fingerprint density at radius 3 is 2.58 bits per heavy atom. The van der Waals surface area contributed by atoms with E-state index >= 15 is 0 Å². The summed E-state index contributed by atoms with van der Waals surface area (Å²) in [6.45, 7) is 4.81. The standard InChI is InChI=1S/C16H24N2O/c19-16-7-2-1-6-14-12-18(13-15(14)16)11-5-10-17-8-3-4-9-17/h12-13H,1-11H2. The number of aromatic nitrogens is 1. The van der Waals surface area contributed by atoms with Crippen LogP contribution >= 0.6 is 0 Å². The van der Waals surface area contributed by atoms with Gasteiger partial charge in [-0.15, -0.1) is 0 Å². The van der Waals surface area contributed by atoms with Crippen LogP contribution in [0.25, 0.3) is 0 Å². The molecule has 0 radical (unpaired) electrons. The number of hydrogen-bond donors (Lipinski definition) is 0. The van der Waals surface area contributed by atoms with Gasteiger partial charge < -0.3 is 9.47 Å². The van der Waals surface area contributed by atoms with Crippen molar-refractivity contribution < 1.29 is 4.79 Å². The Bertz CT molecular complexity index is 444. The summed E-state index contributed by atoms with van der Waals surface area (Å²) in [5, 5.41) is 0. The van der Waals surface area contributed by atoms with Gasteiger partial charge >= 0.3 is 0 Å². The fraction of sp³-hybridized carbons (Fsp3) is 0.688. The predicted molar refractivity (Wildman–Crippen MR) is 76.6 cm³/mol. The predicted octanol–water partition coefficient (Wildman–Crippen LogP) is 2.88. The van der Waals surface area contributed by atoms with Gasteiger partial charge in [-0.2, -0.15) is 0 Å². The minimum Gasteiger partial charge on any atom is -0.353 e. The molecular formula is C16H24N2O. The minimum atomic E-state index is 0.353. The van der Waals surface area contributed by atoms with Crippen LogP contribution in [0.5, 0.6) is 0 Å². The number of carbonyl (C=O) groups is 1. The SMILES string of the molecule is O=C1CCCCc2cn(CCCN3CCCC3)cc21. The maximum atomic E-state index is 12.0. The van der Waals surface area contributed by atoms with Crippen molar-refractivity contribution >= 4 is 5.78 Å². The first-order valence-electron chi connectivity index (χ1n) is 7.77. The van der Waals surface area contributed by atoms with E-state index in [-0.39, 0.29) is 0 Å². The van der Waals surface area contributed by atoms with Crippen molar-refractivity contribution in [1.29, 1.82) is 0 Å². The van der Waals surface area contributed by atoms with E-state index in [0.717, 1.165) is 37.8 Å². The second-order valence-corrected chi connectivity index (χ2v) is 5.97. The van der Waals surface area contributed by atoms with Gasteiger partial charge in [-0.1, -0.05) is 0 Å². The summed E-state index contributed by atoms with van der Waals surface area (Å²) in [6.07, 6.45) is 12.3. The van der Waals surface area contributed by atoms with E-state index in [1.165, 1.54) is 44.5 Å². The quantitative estimate of drug-likeness (QED) is 0.778. The second kappa shape index (κ2) is 5.91. The van der Waals surface area contributed by atoms with E-state index in [0.29, 0.717) is 5.78 Å². The van der Waals surface area contributed by atoms with Gasteiger partial charge in [-0.05, 0) is 63.7 Å². The lowest BCUT2D eigenvalue weighted by Crippen LogP contribution is -2.21. The molecule has 19 heavy (non-hydrogen) atoms. The summed E-state index contributed by atoms with van der Waals surface area (Å²) >= 11 is 0. The lowest BCUT2D eigenvalue weighted by atomic mass is 10.1. The maximum absolute atomic E-state index is 12.0. The Morgan fingerprint density at radius 1 is 0.947 bits per heavy atom. The molecule has 1 aliphatic carbocycles. The molecule has 0 unspecified atom stereocenters. The van der Waals surface area contributed by atoms with Crippen molar-refractivity contribution in [3.63, 3.8) is 0 Å². The van der Waals surface area contributed by atoms with Crippen molar-refractivity contribution in [3.8, 4) is 0 Å². The zero-order chi connectivity index (χ0) is 13.1. The molecule has 2 aliphatic rings. The molecule has 1 aromatic rings. The molecule has 1 aliphatic heterocycles. The number of likely N-dealkylation sites (tertiary alicyclic amines) is 1. The van der Waals surface area contributed by atoms with Crippen LogP contribution in [0.3, 0.4) is 0 Å². The van der Waals surface area contributed by atoms with Crippen LogP contribution in [0.15, 0.2) is 12.4 Å². The third-order valence-electron chi connectivity index (χ3n) is 4.45. The van der Waals surface area contributed by atoms with Crippen molar-refractivity contribution in [3.05, 3.63) is 23.5 Å². The Morgan fingerprint density at radius 2 is 1.74 bits per heavy atom. The fourth-order valence-electron chi connectivity index (χ4n) is 3.35. The first-order valence-corrected chi connectivity index (χ1v) is 7.77. The lowest BCUT2D eigenvalue weighted by molar-refractivity contribution is 0.0982. The van der Waals surface area contributed by atoms with E-state index in [9.17, 15) is 4.79 Å². The third-order valence-corrected chi connectivity index (χ3v) is 4.45. The average molecular weight is 260 g/mol. The van der Waals surface area contributed by atoms with Crippen LogP contribution in [0.4, 0.5) is 0 Å². The highest BCUT2D eigenvalue weighted by Crippen LogP contribution is 2.21. The molecule has 0 saturated carbocycles. The molecule has 1 aromatic heterocycles. The molecule has 1 saturated heterocycles. The number of hydrogen-bond acceptors (Lipinski definition) is 2. The van der Waals surface area contributed by atoms with E-state index in [1.807, 2.05) is 0 Å². The number of rotatable bonds is 4. The zero-order valence-electron chi connectivity index (χ0n) is 11.7.